The summed E-state index contributed by atoms with van der Waals surface area (Å²) in [5.41, 5.74) is 4.48. The Bertz CT molecular complexity index is 402. The van der Waals surface area contributed by atoms with Gasteiger partial charge in [-0.2, -0.15) is 0 Å². The molecule has 1 atom stereocenters. The van der Waals surface area contributed by atoms with E-state index in [1.165, 1.54) is 12.1 Å². The maximum atomic E-state index is 11.4. The molecule has 0 aromatic heterocycles. The van der Waals surface area contributed by atoms with Crippen LogP contribution in [0.5, 0.6) is 5.75 Å². The summed E-state index contributed by atoms with van der Waals surface area (Å²) in [6.07, 6.45) is 0.374. The zero-order valence-corrected chi connectivity index (χ0v) is 9.18. The number of phenols is 1. The standard InChI is InChI=1S/C11H14N2O4/c12-9(11(17)13-6-10(15)16)5-7-1-3-8(14)4-2-7/h1-4,9,14H,5-6,12H2,(H,13,17)(H,15,16)/t9-/m1/s1. The lowest BCUT2D eigenvalue weighted by molar-refractivity contribution is -0.403. The minimum absolute atomic E-state index is 0.149. The smallest absolute Gasteiger partial charge is 0.278 e. The highest BCUT2D eigenvalue weighted by molar-refractivity contribution is 5.83. The molecular formula is C11H14N2O4. The van der Waals surface area contributed by atoms with Crippen molar-refractivity contribution >= 4 is 11.9 Å². The molecule has 1 aromatic carbocycles. The highest BCUT2D eigenvalue weighted by Crippen LogP contribution is 2.10. The lowest BCUT2D eigenvalue weighted by Crippen LogP contribution is -2.68. The number of rotatable bonds is 5. The van der Waals surface area contributed by atoms with Gasteiger partial charge in [0.1, 0.15) is 5.75 Å². The van der Waals surface area contributed by atoms with Gasteiger partial charge in [0.05, 0.1) is 12.5 Å². The number of benzene rings is 1. The van der Waals surface area contributed by atoms with Crippen molar-refractivity contribution in [3.63, 3.8) is 0 Å². The maximum Gasteiger partial charge on any atom is 0.278 e. The van der Waals surface area contributed by atoms with Crippen LogP contribution in [0.15, 0.2) is 24.3 Å². The van der Waals surface area contributed by atoms with Crippen LogP contribution in [0.3, 0.4) is 0 Å². The molecule has 1 rings (SSSR count). The third-order valence-corrected chi connectivity index (χ3v) is 2.20. The molecule has 0 spiro atoms. The molecule has 0 saturated heterocycles. The molecule has 0 saturated carbocycles. The van der Waals surface area contributed by atoms with Crippen molar-refractivity contribution in [2.75, 3.05) is 6.54 Å². The highest BCUT2D eigenvalue weighted by Gasteiger charge is 2.17. The van der Waals surface area contributed by atoms with E-state index in [0.29, 0.717) is 6.42 Å². The van der Waals surface area contributed by atoms with Gasteiger partial charge in [0, 0.05) is 6.42 Å². The van der Waals surface area contributed by atoms with Crippen LogP contribution in [0.25, 0.3) is 0 Å². The molecule has 0 radical (unpaired) electrons. The Morgan fingerprint density at radius 2 is 1.94 bits per heavy atom. The molecule has 5 N–H and O–H groups in total. The monoisotopic (exact) mass is 238 g/mol. The van der Waals surface area contributed by atoms with Gasteiger partial charge in [-0.25, -0.2) is 0 Å². The fourth-order valence-electron chi connectivity index (χ4n) is 1.31. The van der Waals surface area contributed by atoms with Crippen LogP contribution < -0.4 is 16.2 Å². The van der Waals surface area contributed by atoms with Crippen molar-refractivity contribution in [2.45, 2.75) is 12.5 Å². The van der Waals surface area contributed by atoms with Gasteiger partial charge in [-0.15, -0.1) is 0 Å². The fourth-order valence-corrected chi connectivity index (χ4v) is 1.31. The first-order valence-corrected chi connectivity index (χ1v) is 5.07. The second-order valence-electron chi connectivity index (χ2n) is 3.66. The third-order valence-electron chi connectivity index (χ3n) is 2.20. The predicted molar refractivity (Wildman–Crippen MR) is 56.5 cm³/mol. The number of quaternary nitrogens is 1. The van der Waals surface area contributed by atoms with Gasteiger partial charge in [-0.3, -0.25) is 4.79 Å². The van der Waals surface area contributed by atoms with E-state index in [4.69, 9.17) is 5.11 Å². The minimum atomic E-state index is -1.34. The summed E-state index contributed by atoms with van der Waals surface area (Å²) in [6, 6.07) is 5.81. The number of carboxylic acid groups (broad SMARTS) is 1. The molecular weight excluding hydrogens is 224 g/mol. The average Bonchev–Trinajstić information content (AvgIpc) is 2.28. The molecule has 0 unspecified atom stereocenters. The summed E-state index contributed by atoms with van der Waals surface area (Å²) in [4.78, 5) is 21.6. The van der Waals surface area contributed by atoms with Crippen LogP contribution in [0, 0.1) is 0 Å². The number of nitrogens with one attached hydrogen (secondary N) is 1. The second kappa shape index (κ2) is 5.86. The number of carbonyl (C=O) groups excluding carboxylic acids is 2. The third kappa shape index (κ3) is 4.52. The van der Waals surface area contributed by atoms with Crippen molar-refractivity contribution in [3.05, 3.63) is 29.8 Å². The number of carboxylic acids is 1. The van der Waals surface area contributed by atoms with E-state index in [1.54, 1.807) is 12.1 Å². The zero-order valence-electron chi connectivity index (χ0n) is 9.18. The van der Waals surface area contributed by atoms with E-state index < -0.39 is 24.5 Å². The largest absolute Gasteiger partial charge is 0.548 e. The molecule has 6 nitrogen and oxygen atoms in total. The van der Waals surface area contributed by atoms with Crippen molar-refractivity contribution in [3.8, 4) is 5.75 Å². The first kappa shape index (κ1) is 13.0. The van der Waals surface area contributed by atoms with Gasteiger partial charge < -0.3 is 26.1 Å². The summed E-state index contributed by atoms with van der Waals surface area (Å²) in [5.74, 6) is -1.63. The van der Waals surface area contributed by atoms with Crippen molar-refractivity contribution in [2.24, 2.45) is 0 Å². The quantitative estimate of drug-likeness (QED) is 0.522. The number of hydrogen-bond acceptors (Lipinski definition) is 4. The SMILES string of the molecule is [NH3+][C@H](Cc1ccc(O)cc1)C(=O)NCC(=O)[O-]. The highest BCUT2D eigenvalue weighted by atomic mass is 16.4. The fraction of sp³-hybridized carbons (Fsp3) is 0.273. The minimum Gasteiger partial charge on any atom is -0.548 e. The van der Waals surface area contributed by atoms with Gasteiger partial charge in [-0.05, 0) is 17.7 Å². The number of carbonyl (C=O) groups is 2. The lowest BCUT2D eigenvalue weighted by Gasteiger charge is -2.10. The molecule has 6 heteroatoms. The summed E-state index contributed by atoms with van der Waals surface area (Å²) in [6.45, 7) is -0.513. The summed E-state index contributed by atoms with van der Waals surface area (Å²) >= 11 is 0. The molecule has 0 aliphatic carbocycles. The van der Waals surface area contributed by atoms with Crippen molar-refractivity contribution in [1.29, 1.82) is 0 Å². The Morgan fingerprint density at radius 1 is 1.35 bits per heavy atom. The average molecular weight is 238 g/mol. The Hall–Kier alpha value is -2.08. The number of phenolic OH excluding ortho intramolecular Hbond substituents is 1. The number of aromatic hydroxyl groups is 1. The Labute approximate surface area is 98.1 Å². The van der Waals surface area contributed by atoms with Gasteiger partial charge in [0.15, 0.2) is 6.04 Å². The molecule has 1 aromatic rings. The first-order valence-electron chi connectivity index (χ1n) is 5.07. The van der Waals surface area contributed by atoms with Crippen LogP contribution in [-0.2, 0) is 16.0 Å². The Kier molecular flexibility index (Phi) is 4.47. The summed E-state index contributed by atoms with van der Waals surface area (Å²) in [7, 11) is 0. The topological polar surface area (TPSA) is 117 Å². The van der Waals surface area contributed by atoms with Gasteiger partial charge in [-0.1, -0.05) is 12.1 Å². The summed E-state index contributed by atoms with van der Waals surface area (Å²) in [5, 5.41) is 21.4. The molecule has 0 bridgehead atoms. The van der Waals surface area contributed by atoms with Crippen LogP contribution in [0.2, 0.25) is 0 Å². The number of hydrogen-bond donors (Lipinski definition) is 3. The van der Waals surface area contributed by atoms with Gasteiger partial charge in [0.25, 0.3) is 5.91 Å². The van der Waals surface area contributed by atoms with Crippen molar-refractivity contribution in [1.82, 2.24) is 5.32 Å². The van der Waals surface area contributed by atoms with Crippen LogP contribution in [-0.4, -0.2) is 29.6 Å². The molecule has 0 heterocycles. The normalized spacial score (nSPS) is 11.8. The summed E-state index contributed by atoms with van der Waals surface area (Å²) < 4.78 is 0. The lowest BCUT2D eigenvalue weighted by atomic mass is 10.1. The predicted octanol–water partition coefficient (Wildman–Crippen LogP) is -2.59. The first-order chi connectivity index (χ1) is 7.99. The molecule has 92 valence electrons. The van der Waals surface area contributed by atoms with Gasteiger partial charge >= 0.3 is 0 Å². The second-order valence-corrected chi connectivity index (χ2v) is 3.66. The van der Waals surface area contributed by atoms with E-state index in [2.05, 4.69) is 11.1 Å². The Balaban J connectivity index is 2.48. The van der Waals surface area contributed by atoms with Gasteiger partial charge in [0.2, 0.25) is 0 Å². The zero-order chi connectivity index (χ0) is 12.8. The van der Waals surface area contributed by atoms with Crippen LogP contribution >= 0.6 is 0 Å². The number of aliphatic carboxylic acids is 1. The number of amides is 1. The van der Waals surface area contributed by atoms with E-state index in [9.17, 15) is 14.7 Å². The molecule has 17 heavy (non-hydrogen) atoms. The molecule has 0 fully saturated rings. The maximum absolute atomic E-state index is 11.4. The van der Waals surface area contributed by atoms with E-state index in [1.807, 2.05) is 0 Å². The van der Waals surface area contributed by atoms with Crippen LogP contribution in [0.1, 0.15) is 5.56 Å². The van der Waals surface area contributed by atoms with Crippen molar-refractivity contribution < 1.29 is 25.5 Å². The van der Waals surface area contributed by atoms with E-state index in [0.717, 1.165) is 5.56 Å². The van der Waals surface area contributed by atoms with E-state index >= 15 is 0 Å². The Morgan fingerprint density at radius 3 is 2.47 bits per heavy atom. The molecule has 0 aliphatic heterocycles. The van der Waals surface area contributed by atoms with Crippen LogP contribution in [0.4, 0.5) is 0 Å². The van der Waals surface area contributed by atoms with E-state index in [-0.39, 0.29) is 5.75 Å². The molecule has 0 aliphatic rings. The molecule has 1 amide bonds.